The zero-order chi connectivity index (χ0) is 17.3. The van der Waals surface area contributed by atoms with Crippen LogP contribution in [0.1, 0.15) is 16.7 Å². The lowest BCUT2D eigenvalue weighted by Gasteiger charge is -2.10. The Bertz CT molecular complexity index is 868. The highest BCUT2D eigenvalue weighted by atomic mass is 19.4. The molecule has 0 spiro atoms. The van der Waals surface area contributed by atoms with Crippen LogP contribution in [0.3, 0.4) is 0 Å². The molecular weight excluding hydrogens is 317 g/mol. The van der Waals surface area contributed by atoms with Gasteiger partial charge in [-0.15, -0.1) is 0 Å². The van der Waals surface area contributed by atoms with Gasteiger partial charge in [0.25, 0.3) is 0 Å². The van der Waals surface area contributed by atoms with E-state index < -0.39 is 11.7 Å². The second kappa shape index (κ2) is 6.20. The van der Waals surface area contributed by atoms with Crippen LogP contribution in [-0.4, -0.2) is 11.7 Å². The first-order chi connectivity index (χ1) is 11.4. The summed E-state index contributed by atoms with van der Waals surface area (Å²) < 4.78 is 45.7. The molecule has 0 aliphatic rings. The van der Waals surface area contributed by atoms with Crippen molar-refractivity contribution in [3.8, 4) is 0 Å². The van der Waals surface area contributed by atoms with E-state index in [1.165, 1.54) is 12.1 Å². The number of anilines is 1. The number of halogens is 3. The maximum atomic E-state index is 12.9. The maximum Gasteiger partial charge on any atom is 0.416 e. The van der Waals surface area contributed by atoms with Crippen LogP contribution in [0, 0.1) is 0 Å². The van der Waals surface area contributed by atoms with Gasteiger partial charge in [0.15, 0.2) is 0 Å². The number of aromatic nitrogens is 1. The molecule has 2 N–H and O–H groups in total. The van der Waals surface area contributed by atoms with E-state index in [1.807, 2.05) is 22.9 Å². The Morgan fingerprint density at radius 2 is 1.92 bits per heavy atom. The maximum absolute atomic E-state index is 12.9. The summed E-state index contributed by atoms with van der Waals surface area (Å²) in [6, 6.07) is 10.9. The monoisotopic (exact) mass is 334 g/mol. The highest BCUT2D eigenvalue weighted by Gasteiger charge is 2.30. The standard InChI is InChI=1S/C18H17F3N2O/c1-24-11-13-10-23(17-6-5-15(22)8-16(13)17)9-12-3-2-4-14(7-12)18(19,20)21/h2-8,10H,9,11,22H2,1H3. The molecule has 1 heterocycles. The van der Waals surface area contributed by atoms with E-state index in [0.29, 0.717) is 24.4 Å². The van der Waals surface area contributed by atoms with E-state index in [4.69, 9.17) is 10.5 Å². The number of nitrogens with two attached hydrogens (primary N) is 1. The number of nitrogens with zero attached hydrogens (tertiary/aromatic N) is 1. The minimum atomic E-state index is -4.34. The van der Waals surface area contributed by atoms with E-state index in [0.717, 1.165) is 22.5 Å². The Morgan fingerprint density at radius 1 is 1.12 bits per heavy atom. The first kappa shape index (κ1) is 16.4. The van der Waals surface area contributed by atoms with Crippen molar-refractivity contribution in [2.75, 3.05) is 12.8 Å². The third-order valence-corrected chi connectivity index (χ3v) is 3.89. The van der Waals surface area contributed by atoms with Crippen molar-refractivity contribution in [1.82, 2.24) is 4.57 Å². The highest BCUT2D eigenvalue weighted by molar-refractivity contribution is 5.86. The minimum Gasteiger partial charge on any atom is -0.399 e. The van der Waals surface area contributed by atoms with E-state index in [1.54, 1.807) is 19.2 Å². The average molecular weight is 334 g/mol. The number of rotatable bonds is 4. The number of nitrogen functional groups attached to an aromatic ring is 1. The molecule has 0 fully saturated rings. The Labute approximate surface area is 137 Å². The van der Waals surface area contributed by atoms with Gasteiger partial charge in [0.05, 0.1) is 12.2 Å². The fraction of sp³-hybridized carbons (Fsp3) is 0.222. The van der Waals surface area contributed by atoms with Gasteiger partial charge in [-0.2, -0.15) is 13.2 Å². The fourth-order valence-corrected chi connectivity index (χ4v) is 2.83. The van der Waals surface area contributed by atoms with Crippen LogP contribution in [0.5, 0.6) is 0 Å². The zero-order valence-corrected chi connectivity index (χ0v) is 13.1. The second-order valence-corrected chi connectivity index (χ2v) is 5.69. The summed E-state index contributed by atoms with van der Waals surface area (Å²) in [6.45, 7) is 0.754. The Kier molecular flexibility index (Phi) is 4.24. The van der Waals surface area contributed by atoms with E-state index in [-0.39, 0.29) is 0 Å². The van der Waals surface area contributed by atoms with Crippen molar-refractivity contribution in [2.45, 2.75) is 19.3 Å². The fourth-order valence-electron chi connectivity index (χ4n) is 2.83. The molecule has 0 aliphatic heterocycles. The molecule has 0 saturated carbocycles. The number of alkyl halides is 3. The molecule has 3 aromatic rings. The summed E-state index contributed by atoms with van der Waals surface area (Å²) in [5.41, 5.74) is 8.29. The first-order valence-corrected chi connectivity index (χ1v) is 7.41. The summed E-state index contributed by atoms with van der Waals surface area (Å²) in [7, 11) is 1.60. The van der Waals surface area contributed by atoms with Crippen molar-refractivity contribution in [3.05, 3.63) is 65.4 Å². The molecule has 3 rings (SSSR count). The van der Waals surface area contributed by atoms with Gasteiger partial charge in [-0.3, -0.25) is 0 Å². The zero-order valence-electron chi connectivity index (χ0n) is 13.1. The number of methoxy groups -OCH3 is 1. The molecule has 0 saturated heterocycles. The molecule has 0 atom stereocenters. The van der Waals surface area contributed by atoms with Crippen molar-refractivity contribution < 1.29 is 17.9 Å². The van der Waals surface area contributed by atoms with Crippen molar-refractivity contribution >= 4 is 16.6 Å². The van der Waals surface area contributed by atoms with Crippen LogP contribution in [-0.2, 0) is 24.1 Å². The van der Waals surface area contributed by atoms with Gasteiger partial charge < -0.3 is 15.0 Å². The van der Waals surface area contributed by atoms with Gasteiger partial charge in [-0.05, 0) is 35.9 Å². The number of benzene rings is 2. The summed E-state index contributed by atoms with van der Waals surface area (Å²) in [5, 5.41) is 0.948. The number of hydrogen-bond acceptors (Lipinski definition) is 2. The average Bonchev–Trinajstić information content (AvgIpc) is 2.84. The molecule has 6 heteroatoms. The summed E-state index contributed by atoms with van der Waals surface area (Å²) >= 11 is 0. The van der Waals surface area contributed by atoms with Crippen molar-refractivity contribution in [1.29, 1.82) is 0 Å². The molecule has 0 amide bonds. The normalized spacial score (nSPS) is 12.0. The molecule has 1 aromatic heterocycles. The largest absolute Gasteiger partial charge is 0.416 e. The molecule has 0 radical (unpaired) electrons. The topological polar surface area (TPSA) is 40.2 Å². The predicted octanol–water partition coefficient (Wildman–Crippen LogP) is 4.44. The summed E-state index contributed by atoms with van der Waals surface area (Å²) in [6.07, 6.45) is -2.45. The van der Waals surface area contributed by atoms with E-state index >= 15 is 0 Å². The third-order valence-electron chi connectivity index (χ3n) is 3.89. The lowest BCUT2D eigenvalue weighted by Crippen LogP contribution is -2.06. The highest BCUT2D eigenvalue weighted by Crippen LogP contribution is 2.30. The number of fused-ring (bicyclic) bond motifs is 1. The lowest BCUT2D eigenvalue weighted by molar-refractivity contribution is -0.137. The number of ether oxygens (including phenoxy) is 1. The molecule has 126 valence electrons. The molecular formula is C18H17F3N2O. The van der Waals surface area contributed by atoms with Gasteiger partial charge in [0, 0.05) is 42.0 Å². The third kappa shape index (κ3) is 3.23. The van der Waals surface area contributed by atoms with Crippen LogP contribution in [0.15, 0.2) is 48.7 Å². The summed E-state index contributed by atoms with van der Waals surface area (Å²) in [4.78, 5) is 0. The molecule has 0 bridgehead atoms. The van der Waals surface area contributed by atoms with Gasteiger partial charge in [0.1, 0.15) is 0 Å². The van der Waals surface area contributed by atoms with Gasteiger partial charge in [-0.1, -0.05) is 12.1 Å². The van der Waals surface area contributed by atoms with Gasteiger partial charge >= 0.3 is 6.18 Å². The van der Waals surface area contributed by atoms with Crippen molar-refractivity contribution in [2.24, 2.45) is 0 Å². The molecule has 3 nitrogen and oxygen atoms in total. The number of hydrogen-bond donors (Lipinski definition) is 1. The Hall–Kier alpha value is -2.47. The molecule has 2 aromatic carbocycles. The van der Waals surface area contributed by atoms with Crippen LogP contribution >= 0.6 is 0 Å². The van der Waals surface area contributed by atoms with Gasteiger partial charge in [-0.25, -0.2) is 0 Å². The minimum absolute atomic E-state index is 0.341. The SMILES string of the molecule is COCc1cn(Cc2cccc(C(F)(F)F)c2)c2ccc(N)cc12. The molecule has 0 unspecified atom stereocenters. The van der Waals surface area contributed by atoms with Crippen LogP contribution in [0.4, 0.5) is 18.9 Å². The predicted molar refractivity (Wildman–Crippen MR) is 87.6 cm³/mol. The van der Waals surface area contributed by atoms with Crippen LogP contribution in [0.25, 0.3) is 10.9 Å². The first-order valence-electron chi connectivity index (χ1n) is 7.41. The Balaban J connectivity index is 2.01. The Morgan fingerprint density at radius 3 is 2.62 bits per heavy atom. The molecule has 24 heavy (non-hydrogen) atoms. The van der Waals surface area contributed by atoms with Gasteiger partial charge in [0.2, 0.25) is 0 Å². The quantitative estimate of drug-likeness (QED) is 0.717. The van der Waals surface area contributed by atoms with E-state index in [9.17, 15) is 13.2 Å². The second-order valence-electron chi connectivity index (χ2n) is 5.69. The van der Waals surface area contributed by atoms with Crippen molar-refractivity contribution in [3.63, 3.8) is 0 Å². The summed E-state index contributed by atoms with van der Waals surface area (Å²) in [5.74, 6) is 0. The van der Waals surface area contributed by atoms with E-state index in [2.05, 4.69) is 0 Å². The lowest BCUT2D eigenvalue weighted by atomic mass is 10.1. The van der Waals surface area contributed by atoms with Crippen LogP contribution < -0.4 is 5.73 Å². The smallest absolute Gasteiger partial charge is 0.399 e. The van der Waals surface area contributed by atoms with Crippen LogP contribution in [0.2, 0.25) is 0 Å². The molecule has 0 aliphatic carbocycles.